The van der Waals surface area contributed by atoms with E-state index in [4.69, 9.17) is 4.74 Å². The topological polar surface area (TPSA) is 65.9 Å². The van der Waals surface area contributed by atoms with Crippen LogP contribution in [0.15, 0.2) is 30.6 Å². The zero-order valence-corrected chi connectivity index (χ0v) is 15.5. The smallest absolute Gasteiger partial charge is 0.264 e. The summed E-state index contributed by atoms with van der Waals surface area (Å²) < 4.78 is 5.48. The van der Waals surface area contributed by atoms with Crippen LogP contribution in [0.4, 0.5) is 5.00 Å². The molecule has 0 bridgehead atoms. The van der Waals surface area contributed by atoms with Gasteiger partial charge >= 0.3 is 0 Å². The summed E-state index contributed by atoms with van der Waals surface area (Å²) in [5.74, 6) is 0.0172. The first-order valence-corrected chi connectivity index (χ1v) is 9.88. The average molecular weight is 373 g/mol. The Hall–Kier alpha value is -1.96. The van der Waals surface area contributed by atoms with Crippen LogP contribution in [0.25, 0.3) is 11.1 Å². The van der Waals surface area contributed by atoms with Gasteiger partial charge in [-0.05, 0) is 36.6 Å². The van der Waals surface area contributed by atoms with Crippen LogP contribution in [-0.2, 0) is 4.74 Å². The molecule has 2 aliphatic heterocycles. The lowest BCUT2D eigenvalue weighted by molar-refractivity contribution is 0.0478. The number of anilines is 1. The molecule has 0 spiro atoms. The number of β-amino-alcohol motifs (C(OH)–C–C–N with tert-alkyl or cyclic N) is 1. The van der Waals surface area contributed by atoms with Gasteiger partial charge in [-0.1, -0.05) is 0 Å². The quantitative estimate of drug-likeness (QED) is 0.894. The standard InChI is InChI=1S/C19H23N3O3S/c23-15-2-1-7-22(13-15)18(24)17-12-16(14-3-5-20-6-4-14)19(26-17)21-8-10-25-11-9-21/h3-6,12,15,23H,1-2,7-11,13H2. The molecule has 2 aromatic rings. The van der Waals surface area contributed by atoms with Gasteiger partial charge in [0.1, 0.15) is 0 Å². The highest BCUT2D eigenvalue weighted by molar-refractivity contribution is 7.18. The third kappa shape index (κ3) is 3.60. The molecule has 0 radical (unpaired) electrons. The Bertz CT molecular complexity index is 759. The van der Waals surface area contributed by atoms with Crippen molar-refractivity contribution in [2.24, 2.45) is 0 Å². The van der Waals surface area contributed by atoms with E-state index in [-0.39, 0.29) is 5.91 Å². The van der Waals surface area contributed by atoms with E-state index in [0.717, 1.165) is 46.9 Å². The molecule has 26 heavy (non-hydrogen) atoms. The number of ether oxygens (including phenoxy) is 1. The first-order valence-electron chi connectivity index (χ1n) is 9.06. The maximum atomic E-state index is 13.0. The molecule has 138 valence electrons. The number of thiophene rings is 1. The first-order chi connectivity index (χ1) is 12.7. The molecule has 1 amide bonds. The number of aliphatic hydroxyl groups excluding tert-OH is 1. The van der Waals surface area contributed by atoms with Crippen molar-refractivity contribution < 1.29 is 14.6 Å². The van der Waals surface area contributed by atoms with Gasteiger partial charge in [-0.25, -0.2) is 0 Å². The molecular weight excluding hydrogens is 350 g/mol. The molecule has 7 heteroatoms. The van der Waals surface area contributed by atoms with Gasteiger partial charge in [0.2, 0.25) is 0 Å². The predicted octanol–water partition coefficient (Wildman–Crippen LogP) is 2.24. The lowest BCUT2D eigenvalue weighted by Crippen LogP contribution is -2.41. The second-order valence-electron chi connectivity index (χ2n) is 6.71. The largest absolute Gasteiger partial charge is 0.391 e. The number of nitrogens with zero attached hydrogens (tertiary/aromatic N) is 3. The molecule has 0 saturated carbocycles. The van der Waals surface area contributed by atoms with Crippen LogP contribution in [0.3, 0.4) is 0 Å². The van der Waals surface area contributed by atoms with Crippen molar-refractivity contribution in [2.45, 2.75) is 18.9 Å². The Labute approximate surface area is 157 Å². The third-order valence-electron chi connectivity index (χ3n) is 4.90. The second kappa shape index (κ2) is 7.73. The molecule has 2 aromatic heterocycles. The fourth-order valence-corrected chi connectivity index (χ4v) is 4.72. The summed E-state index contributed by atoms with van der Waals surface area (Å²) in [6.45, 7) is 4.20. The maximum Gasteiger partial charge on any atom is 0.264 e. The Balaban J connectivity index is 1.67. The summed E-state index contributed by atoms with van der Waals surface area (Å²) in [6, 6.07) is 5.95. The van der Waals surface area contributed by atoms with Crippen LogP contribution < -0.4 is 4.90 Å². The minimum Gasteiger partial charge on any atom is -0.391 e. The van der Waals surface area contributed by atoms with Crippen molar-refractivity contribution >= 4 is 22.2 Å². The number of pyridine rings is 1. The zero-order valence-electron chi connectivity index (χ0n) is 14.6. The Kier molecular flexibility index (Phi) is 5.19. The number of carbonyl (C=O) groups excluding carboxylic acids is 1. The van der Waals surface area contributed by atoms with E-state index < -0.39 is 6.10 Å². The van der Waals surface area contributed by atoms with Crippen LogP contribution in [0.5, 0.6) is 0 Å². The summed E-state index contributed by atoms with van der Waals surface area (Å²) in [5.41, 5.74) is 2.13. The highest BCUT2D eigenvalue weighted by Gasteiger charge is 2.27. The normalized spacial score (nSPS) is 21.0. The molecule has 6 nitrogen and oxygen atoms in total. The van der Waals surface area contributed by atoms with Crippen molar-refractivity contribution in [3.8, 4) is 11.1 Å². The summed E-state index contributed by atoms with van der Waals surface area (Å²) in [6.07, 6.45) is 4.77. The van der Waals surface area contributed by atoms with E-state index in [0.29, 0.717) is 26.3 Å². The number of likely N-dealkylation sites (tertiary alicyclic amines) is 1. The van der Waals surface area contributed by atoms with Gasteiger partial charge in [0.05, 0.1) is 29.2 Å². The van der Waals surface area contributed by atoms with Gasteiger partial charge in [0, 0.05) is 44.1 Å². The molecule has 2 fully saturated rings. The van der Waals surface area contributed by atoms with Crippen LogP contribution in [0.1, 0.15) is 22.5 Å². The number of hydrogen-bond donors (Lipinski definition) is 1. The molecular formula is C19H23N3O3S. The van der Waals surface area contributed by atoms with Gasteiger partial charge in [-0.2, -0.15) is 0 Å². The average Bonchev–Trinajstić information content (AvgIpc) is 3.14. The number of hydrogen-bond acceptors (Lipinski definition) is 6. The fraction of sp³-hybridized carbons (Fsp3) is 0.474. The lowest BCUT2D eigenvalue weighted by atomic mass is 10.1. The highest BCUT2D eigenvalue weighted by Crippen LogP contribution is 2.39. The maximum absolute atomic E-state index is 13.0. The van der Waals surface area contributed by atoms with Crippen LogP contribution >= 0.6 is 11.3 Å². The second-order valence-corrected chi connectivity index (χ2v) is 7.74. The minimum atomic E-state index is -0.411. The van der Waals surface area contributed by atoms with E-state index >= 15 is 0 Å². The summed E-state index contributed by atoms with van der Waals surface area (Å²) in [7, 11) is 0. The number of carbonyl (C=O) groups is 1. The number of piperidine rings is 1. The molecule has 1 unspecified atom stereocenters. The van der Waals surface area contributed by atoms with Gasteiger partial charge in [0.15, 0.2) is 0 Å². The van der Waals surface area contributed by atoms with Gasteiger partial charge in [-0.15, -0.1) is 11.3 Å². The minimum absolute atomic E-state index is 0.0172. The number of rotatable bonds is 3. The molecule has 1 N–H and O–H groups in total. The predicted molar refractivity (Wildman–Crippen MR) is 102 cm³/mol. The van der Waals surface area contributed by atoms with E-state index in [1.165, 1.54) is 0 Å². The summed E-state index contributed by atoms with van der Waals surface area (Å²) in [5, 5.41) is 11.0. The zero-order chi connectivity index (χ0) is 17.9. The molecule has 2 aliphatic rings. The third-order valence-corrected chi connectivity index (χ3v) is 6.08. The van der Waals surface area contributed by atoms with Crippen LogP contribution in [0, 0.1) is 0 Å². The molecule has 1 atom stereocenters. The van der Waals surface area contributed by atoms with Crippen molar-refractivity contribution in [3.05, 3.63) is 35.5 Å². The van der Waals surface area contributed by atoms with Gasteiger partial charge in [-0.3, -0.25) is 9.78 Å². The Morgan fingerprint density at radius 3 is 2.73 bits per heavy atom. The SMILES string of the molecule is O=C(c1cc(-c2ccncc2)c(N2CCOCC2)s1)N1CCCC(O)C1. The lowest BCUT2D eigenvalue weighted by Gasteiger charge is -2.30. The van der Waals surface area contributed by atoms with Gasteiger partial charge < -0.3 is 19.6 Å². The fourth-order valence-electron chi connectivity index (χ4n) is 3.52. The van der Waals surface area contributed by atoms with E-state index in [9.17, 15) is 9.90 Å². The molecule has 4 heterocycles. The van der Waals surface area contributed by atoms with Crippen LogP contribution in [0.2, 0.25) is 0 Å². The van der Waals surface area contributed by atoms with Gasteiger partial charge in [0.25, 0.3) is 5.91 Å². The van der Waals surface area contributed by atoms with E-state index in [2.05, 4.69) is 9.88 Å². The number of morpholine rings is 1. The monoisotopic (exact) mass is 373 g/mol. The van der Waals surface area contributed by atoms with Crippen molar-refractivity contribution in [1.29, 1.82) is 0 Å². The number of aromatic nitrogens is 1. The van der Waals surface area contributed by atoms with Crippen molar-refractivity contribution in [3.63, 3.8) is 0 Å². The number of aliphatic hydroxyl groups is 1. The molecule has 2 saturated heterocycles. The number of amides is 1. The molecule has 0 aliphatic carbocycles. The first kappa shape index (κ1) is 17.5. The Morgan fingerprint density at radius 1 is 1.23 bits per heavy atom. The van der Waals surface area contributed by atoms with E-state index in [1.54, 1.807) is 28.6 Å². The Morgan fingerprint density at radius 2 is 2.00 bits per heavy atom. The molecule has 4 rings (SSSR count). The highest BCUT2D eigenvalue weighted by atomic mass is 32.1. The summed E-state index contributed by atoms with van der Waals surface area (Å²) >= 11 is 1.54. The van der Waals surface area contributed by atoms with Crippen molar-refractivity contribution in [2.75, 3.05) is 44.3 Å². The summed E-state index contributed by atoms with van der Waals surface area (Å²) in [4.78, 5) is 21.9. The van der Waals surface area contributed by atoms with E-state index in [1.807, 2.05) is 18.2 Å². The molecule has 0 aromatic carbocycles. The van der Waals surface area contributed by atoms with Crippen LogP contribution in [-0.4, -0.2) is 66.4 Å². The van der Waals surface area contributed by atoms with Crippen molar-refractivity contribution in [1.82, 2.24) is 9.88 Å².